The summed E-state index contributed by atoms with van der Waals surface area (Å²) < 4.78 is 16.3. The third kappa shape index (κ3) is 3.79. The van der Waals surface area contributed by atoms with E-state index in [9.17, 15) is 9.59 Å². The summed E-state index contributed by atoms with van der Waals surface area (Å²) in [7, 11) is 0. The molecule has 0 spiro atoms. The van der Waals surface area contributed by atoms with Crippen LogP contribution in [0.4, 0.5) is 0 Å². The first-order valence-electron chi connectivity index (χ1n) is 9.65. The molecule has 0 unspecified atom stereocenters. The quantitative estimate of drug-likeness (QED) is 0.365. The van der Waals surface area contributed by atoms with E-state index >= 15 is 0 Å². The summed E-state index contributed by atoms with van der Waals surface area (Å²) in [6.07, 6.45) is 3.48. The van der Waals surface area contributed by atoms with Crippen molar-refractivity contribution in [2.45, 2.75) is 39.0 Å². The van der Waals surface area contributed by atoms with Crippen LogP contribution >= 0.6 is 0 Å². The molecule has 1 aliphatic rings. The molecular formula is C23H22O5. The van der Waals surface area contributed by atoms with Crippen LogP contribution in [0.15, 0.2) is 51.7 Å². The molecular weight excluding hydrogens is 356 g/mol. The maximum atomic E-state index is 12.2. The molecule has 28 heavy (non-hydrogen) atoms. The van der Waals surface area contributed by atoms with Gasteiger partial charge in [-0.3, -0.25) is 4.79 Å². The standard InChI is InChI=1S/C23H22O5/c1-2-26-16-9-6-15(7-10-16)8-13-22(24)27-17-11-12-19-18-4-3-5-20(18)23(25)28-21(19)14-17/h6-7,9-12,14H,2-5,8,13H2,1H3. The summed E-state index contributed by atoms with van der Waals surface area (Å²) in [4.78, 5) is 24.3. The van der Waals surface area contributed by atoms with Gasteiger partial charge in [0, 0.05) is 23.4 Å². The predicted octanol–water partition coefficient (Wildman–Crippen LogP) is 4.22. The lowest BCUT2D eigenvalue weighted by atomic mass is 10.1. The molecule has 2 aromatic carbocycles. The van der Waals surface area contributed by atoms with Crippen LogP contribution in [0.5, 0.6) is 11.5 Å². The van der Waals surface area contributed by atoms with Crippen molar-refractivity contribution in [3.05, 3.63) is 69.6 Å². The maximum absolute atomic E-state index is 12.2. The molecule has 0 N–H and O–H groups in total. The SMILES string of the molecule is CCOc1ccc(CCC(=O)Oc2ccc3c4c(c(=O)oc3c2)CCC4)cc1. The lowest BCUT2D eigenvalue weighted by molar-refractivity contribution is -0.134. The van der Waals surface area contributed by atoms with Crippen LogP contribution in [0, 0.1) is 0 Å². The average Bonchev–Trinajstić information content (AvgIpc) is 3.18. The van der Waals surface area contributed by atoms with Gasteiger partial charge in [-0.05, 0) is 68.0 Å². The topological polar surface area (TPSA) is 65.7 Å². The summed E-state index contributed by atoms with van der Waals surface area (Å²) >= 11 is 0. The first-order chi connectivity index (χ1) is 13.6. The Morgan fingerprint density at radius 2 is 1.79 bits per heavy atom. The first kappa shape index (κ1) is 18.3. The normalized spacial score (nSPS) is 12.8. The summed E-state index contributed by atoms with van der Waals surface area (Å²) in [5, 5.41) is 0.932. The van der Waals surface area contributed by atoms with Crippen molar-refractivity contribution in [2.24, 2.45) is 0 Å². The second kappa shape index (κ2) is 7.89. The number of ether oxygens (including phenoxy) is 2. The Hall–Kier alpha value is -3.08. The number of esters is 1. The molecule has 5 heteroatoms. The molecule has 0 atom stereocenters. The van der Waals surface area contributed by atoms with Gasteiger partial charge in [-0.15, -0.1) is 0 Å². The van der Waals surface area contributed by atoms with Crippen LogP contribution in [0.1, 0.15) is 36.5 Å². The van der Waals surface area contributed by atoms with E-state index < -0.39 is 0 Å². The highest BCUT2D eigenvalue weighted by atomic mass is 16.5. The van der Waals surface area contributed by atoms with Crippen LogP contribution < -0.4 is 15.1 Å². The number of rotatable bonds is 6. The zero-order valence-corrected chi connectivity index (χ0v) is 15.8. The van der Waals surface area contributed by atoms with Gasteiger partial charge in [-0.25, -0.2) is 4.79 Å². The number of benzene rings is 2. The second-order valence-corrected chi connectivity index (χ2v) is 6.91. The van der Waals surface area contributed by atoms with Gasteiger partial charge in [-0.1, -0.05) is 12.1 Å². The minimum atomic E-state index is -0.322. The lowest BCUT2D eigenvalue weighted by Gasteiger charge is -2.08. The largest absolute Gasteiger partial charge is 0.494 e. The predicted molar refractivity (Wildman–Crippen MR) is 106 cm³/mol. The molecule has 4 rings (SSSR count). The van der Waals surface area contributed by atoms with Gasteiger partial charge in [0.2, 0.25) is 0 Å². The molecule has 144 valence electrons. The van der Waals surface area contributed by atoms with Gasteiger partial charge in [0.15, 0.2) is 0 Å². The van der Waals surface area contributed by atoms with Gasteiger partial charge in [-0.2, -0.15) is 0 Å². The zero-order chi connectivity index (χ0) is 19.5. The molecule has 1 aromatic heterocycles. The third-order valence-electron chi connectivity index (χ3n) is 5.03. The monoisotopic (exact) mass is 378 g/mol. The zero-order valence-electron chi connectivity index (χ0n) is 15.8. The van der Waals surface area contributed by atoms with Crippen molar-refractivity contribution in [3.63, 3.8) is 0 Å². The van der Waals surface area contributed by atoms with E-state index in [0.29, 0.717) is 24.4 Å². The Labute approximate surface area is 162 Å². The fourth-order valence-corrected chi connectivity index (χ4v) is 3.68. The fraction of sp³-hybridized carbons (Fsp3) is 0.304. The molecule has 0 saturated carbocycles. The van der Waals surface area contributed by atoms with E-state index in [1.807, 2.05) is 37.3 Å². The molecule has 5 nitrogen and oxygen atoms in total. The highest BCUT2D eigenvalue weighted by Gasteiger charge is 2.20. The van der Waals surface area contributed by atoms with Crippen molar-refractivity contribution in [1.82, 2.24) is 0 Å². The average molecular weight is 378 g/mol. The molecule has 3 aromatic rings. The minimum Gasteiger partial charge on any atom is -0.494 e. The van der Waals surface area contributed by atoms with Crippen LogP contribution in [-0.4, -0.2) is 12.6 Å². The summed E-state index contributed by atoms with van der Waals surface area (Å²) in [5.41, 5.74) is 3.09. The van der Waals surface area contributed by atoms with Crippen molar-refractivity contribution < 1.29 is 18.7 Å². The smallest absolute Gasteiger partial charge is 0.339 e. The second-order valence-electron chi connectivity index (χ2n) is 6.91. The molecule has 1 aliphatic carbocycles. The Morgan fingerprint density at radius 3 is 2.57 bits per heavy atom. The van der Waals surface area contributed by atoms with E-state index in [1.54, 1.807) is 12.1 Å². The highest BCUT2D eigenvalue weighted by Crippen LogP contribution is 2.29. The van der Waals surface area contributed by atoms with Crippen LogP contribution in [0.25, 0.3) is 11.0 Å². The van der Waals surface area contributed by atoms with Gasteiger partial charge < -0.3 is 13.9 Å². The number of hydrogen-bond donors (Lipinski definition) is 0. The Morgan fingerprint density at radius 1 is 1.04 bits per heavy atom. The fourth-order valence-electron chi connectivity index (χ4n) is 3.68. The molecule has 1 heterocycles. The number of fused-ring (bicyclic) bond motifs is 3. The maximum Gasteiger partial charge on any atom is 0.339 e. The van der Waals surface area contributed by atoms with E-state index in [0.717, 1.165) is 47.1 Å². The third-order valence-corrected chi connectivity index (χ3v) is 5.03. The summed E-state index contributed by atoms with van der Waals surface area (Å²) in [6.45, 7) is 2.57. The minimum absolute atomic E-state index is 0.264. The molecule has 0 bridgehead atoms. The Bertz CT molecular complexity index is 1060. The van der Waals surface area contributed by atoms with Crippen LogP contribution in [0.2, 0.25) is 0 Å². The van der Waals surface area contributed by atoms with E-state index in [4.69, 9.17) is 13.9 Å². The van der Waals surface area contributed by atoms with Crippen LogP contribution in [0.3, 0.4) is 0 Å². The molecule has 0 amide bonds. The van der Waals surface area contributed by atoms with E-state index in [1.165, 1.54) is 0 Å². The first-order valence-corrected chi connectivity index (χ1v) is 9.65. The van der Waals surface area contributed by atoms with Gasteiger partial charge in [0.1, 0.15) is 17.1 Å². The summed E-state index contributed by atoms with van der Waals surface area (Å²) in [6, 6.07) is 13.0. The van der Waals surface area contributed by atoms with Crippen molar-refractivity contribution in [2.75, 3.05) is 6.61 Å². The van der Waals surface area contributed by atoms with Gasteiger partial charge in [0.25, 0.3) is 0 Å². The van der Waals surface area contributed by atoms with E-state index in [2.05, 4.69) is 0 Å². The number of carbonyl (C=O) groups is 1. The number of carbonyl (C=O) groups excluding carboxylic acids is 1. The lowest BCUT2D eigenvalue weighted by Crippen LogP contribution is -2.10. The Balaban J connectivity index is 1.42. The number of aryl methyl sites for hydroxylation is 2. The van der Waals surface area contributed by atoms with Gasteiger partial charge in [0.05, 0.1) is 6.61 Å². The van der Waals surface area contributed by atoms with E-state index in [-0.39, 0.29) is 18.0 Å². The van der Waals surface area contributed by atoms with Crippen molar-refractivity contribution >= 4 is 16.9 Å². The van der Waals surface area contributed by atoms with Gasteiger partial charge >= 0.3 is 11.6 Å². The summed E-state index contributed by atoms with van der Waals surface area (Å²) in [5.74, 6) is 0.889. The molecule has 0 fully saturated rings. The van der Waals surface area contributed by atoms with Crippen molar-refractivity contribution in [1.29, 1.82) is 0 Å². The van der Waals surface area contributed by atoms with Crippen molar-refractivity contribution in [3.8, 4) is 11.5 Å². The number of hydrogen-bond acceptors (Lipinski definition) is 5. The molecule has 0 saturated heterocycles. The Kier molecular flexibility index (Phi) is 5.15. The van der Waals surface area contributed by atoms with Crippen LogP contribution in [-0.2, 0) is 24.1 Å². The molecule has 0 aliphatic heterocycles. The molecule has 0 radical (unpaired) electrons. The highest BCUT2D eigenvalue weighted by molar-refractivity contribution is 5.84.